The van der Waals surface area contributed by atoms with Crippen LogP contribution >= 0.6 is 0 Å². The molecule has 1 atom stereocenters. The third-order valence-corrected chi connectivity index (χ3v) is 4.30. The van der Waals surface area contributed by atoms with Gasteiger partial charge in [-0.3, -0.25) is 0 Å². The van der Waals surface area contributed by atoms with Gasteiger partial charge < -0.3 is 0 Å². The van der Waals surface area contributed by atoms with Crippen molar-refractivity contribution in [1.29, 1.82) is 0 Å². The van der Waals surface area contributed by atoms with Gasteiger partial charge in [-0.1, -0.05) is 0 Å². The van der Waals surface area contributed by atoms with Crippen LogP contribution in [0.1, 0.15) is 16.8 Å². The number of benzene rings is 1. The van der Waals surface area contributed by atoms with Gasteiger partial charge in [0.2, 0.25) is 0 Å². The third-order valence-electron chi connectivity index (χ3n) is 2.11. The molecule has 0 N–H and O–H groups in total. The second-order valence-electron chi connectivity index (χ2n) is 2.97. The summed E-state index contributed by atoms with van der Waals surface area (Å²) in [6.45, 7) is 0.919. The predicted molar refractivity (Wildman–Crippen MR) is 52.1 cm³/mol. The van der Waals surface area contributed by atoms with Crippen LogP contribution in [0.25, 0.3) is 0 Å². The molecule has 1 fully saturated rings. The van der Waals surface area contributed by atoms with Gasteiger partial charge in [0.1, 0.15) is 0 Å². The molecule has 3 heteroatoms. The fourth-order valence-electron chi connectivity index (χ4n) is 1.40. The first kappa shape index (κ1) is 9.07. The van der Waals surface area contributed by atoms with Crippen molar-refractivity contribution < 1.29 is 8.56 Å². The van der Waals surface area contributed by atoms with E-state index in [1.807, 2.05) is 12.1 Å². The average molecular weight is 243 g/mol. The fraction of sp³-hybridized carbons (Fsp3) is 0.400. The van der Waals surface area contributed by atoms with Gasteiger partial charge in [-0.05, 0) is 0 Å². The van der Waals surface area contributed by atoms with Crippen molar-refractivity contribution in [3.63, 3.8) is 0 Å². The van der Waals surface area contributed by atoms with Crippen LogP contribution in [0.15, 0.2) is 24.3 Å². The summed E-state index contributed by atoms with van der Waals surface area (Å²) in [7, 11) is 1.70. The number of rotatable bonds is 2. The van der Waals surface area contributed by atoms with E-state index in [1.54, 1.807) is 7.11 Å². The predicted octanol–water partition coefficient (Wildman–Crippen LogP) is 1.78. The van der Waals surface area contributed by atoms with Gasteiger partial charge in [0.15, 0.2) is 0 Å². The molecule has 0 spiro atoms. The molecule has 1 unspecified atom stereocenters. The van der Waals surface area contributed by atoms with E-state index >= 15 is 0 Å². The van der Waals surface area contributed by atoms with E-state index in [0.717, 1.165) is 18.8 Å². The molecule has 2 nitrogen and oxygen atoms in total. The first-order chi connectivity index (χ1) is 6.40. The zero-order valence-corrected chi connectivity index (χ0v) is 9.24. The van der Waals surface area contributed by atoms with E-state index in [9.17, 15) is 0 Å². The molecule has 1 aromatic rings. The standard InChI is InChI=1S/C10H12O2Se/c1-11-9-4-2-3-8(7-9)10-5-6-12-13-10/h2-4,7,10H,5-6H2,1H3. The summed E-state index contributed by atoms with van der Waals surface area (Å²) in [6.07, 6.45) is 1.16. The molecule has 1 aliphatic rings. The van der Waals surface area contributed by atoms with Crippen LogP contribution in [0, 0.1) is 0 Å². The van der Waals surface area contributed by atoms with Gasteiger partial charge >= 0.3 is 84.4 Å². The Balaban J connectivity index is 2.18. The Morgan fingerprint density at radius 3 is 3.15 bits per heavy atom. The molecule has 0 saturated carbocycles. The molecule has 1 aliphatic heterocycles. The van der Waals surface area contributed by atoms with Crippen LogP contribution in [-0.2, 0) is 3.82 Å². The minimum absolute atomic E-state index is 0.326. The molecule has 1 heterocycles. The molecular weight excluding hydrogens is 231 g/mol. The Labute approximate surface area is 84.7 Å². The van der Waals surface area contributed by atoms with Gasteiger partial charge in [-0.2, -0.15) is 0 Å². The maximum atomic E-state index is 5.41. The van der Waals surface area contributed by atoms with Crippen LogP contribution in [0.2, 0.25) is 0 Å². The van der Waals surface area contributed by atoms with Crippen molar-refractivity contribution >= 4 is 15.3 Å². The zero-order valence-electron chi connectivity index (χ0n) is 7.53. The van der Waals surface area contributed by atoms with Gasteiger partial charge in [0, 0.05) is 0 Å². The molecular formula is C10H12O2Se. The van der Waals surface area contributed by atoms with Crippen molar-refractivity contribution in [3.8, 4) is 5.75 Å². The van der Waals surface area contributed by atoms with Crippen molar-refractivity contribution in [2.24, 2.45) is 0 Å². The van der Waals surface area contributed by atoms with Crippen LogP contribution in [0.4, 0.5) is 0 Å². The summed E-state index contributed by atoms with van der Waals surface area (Å²) in [6, 6.07) is 8.29. The molecule has 1 aromatic carbocycles. The topological polar surface area (TPSA) is 18.5 Å². The van der Waals surface area contributed by atoms with E-state index in [0.29, 0.717) is 20.1 Å². The summed E-state index contributed by atoms with van der Waals surface area (Å²) < 4.78 is 10.6. The number of hydrogen-bond donors (Lipinski definition) is 0. The van der Waals surface area contributed by atoms with Gasteiger partial charge in [-0.15, -0.1) is 0 Å². The summed E-state index contributed by atoms with van der Waals surface area (Å²) in [5, 5.41) is 0. The Morgan fingerprint density at radius 1 is 1.54 bits per heavy atom. The van der Waals surface area contributed by atoms with Crippen molar-refractivity contribution in [2.45, 2.75) is 11.2 Å². The van der Waals surface area contributed by atoms with E-state index < -0.39 is 0 Å². The molecule has 0 amide bonds. The van der Waals surface area contributed by atoms with E-state index in [1.165, 1.54) is 5.56 Å². The van der Waals surface area contributed by atoms with Crippen LogP contribution in [0.3, 0.4) is 0 Å². The molecule has 0 radical (unpaired) electrons. The molecule has 70 valence electrons. The average Bonchev–Trinajstić information content (AvgIpc) is 2.71. The second-order valence-corrected chi connectivity index (χ2v) is 5.06. The van der Waals surface area contributed by atoms with E-state index in [2.05, 4.69) is 12.1 Å². The Hall–Kier alpha value is -0.501. The number of methoxy groups -OCH3 is 1. The third kappa shape index (κ3) is 2.05. The first-order valence-electron chi connectivity index (χ1n) is 4.32. The quantitative estimate of drug-likeness (QED) is 0.737. The maximum absolute atomic E-state index is 5.41. The van der Waals surface area contributed by atoms with Crippen LogP contribution in [-0.4, -0.2) is 29.0 Å². The van der Waals surface area contributed by atoms with Crippen molar-refractivity contribution in [1.82, 2.24) is 0 Å². The zero-order chi connectivity index (χ0) is 9.10. The molecule has 13 heavy (non-hydrogen) atoms. The Morgan fingerprint density at radius 2 is 2.46 bits per heavy atom. The summed E-state index contributed by atoms with van der Waals surface area (Å²) >= 11 is 0.326. The van der Waals surface area contributed by atoms with E-state index in [-0.39, 0.29) is 0 Å². The second kappa shape index (κ2) is 4.14. The van der Waals surface area contributed by atoms with Crippen molar-refractivity contribution in [2.75, 3.05) is 13.7 Å². The van der Waals surface area contributed by atoms with Crippen molar-refractivity contribution in [3.05, 3.63) is 29.8 Å². The Bertz CT molecular complexity index is 282. The molecule has 2 rings (SSSR count). The molecule has 1 saturated heterocycles. The van der Waals surface area contributed by atoms with E-state index in [4.69, 9.17) is 8.56 Å². The Kier molecular flexibility index (Phi) is 2.89. The molecule has 0 aliphatic carbocycles. The molecule has 0 aromatic heterocycles. The normalized spacial score (nSPS) is 21.8. The first-order valence-corrected chi connectivity index (χ1v) is 6.01. The summed E-state index contributed by atoms with van der Waals surface area (Å²) in [5.74, 6) is 0.945. The monoisotopic (exact) mass is 244 g/mol. The van der Waals surface area contributed by atoms with Crippen LogP contribution in [0.5, 0.6) is 5.75 Å². The molecule has 0 bridgehead atoms. The number of hydrogen-bond acceptors (Lipinski definition) is 2. The van der Waals surface area contributed by atoms with Gasteiger partial charge in [-0.25, -0.2) is 0 Å². The van der Waals surface area contributed by atoms with Gasteiger partial charge in [0.25, 0.3) is 0 Å². The minimum atomic E-state index is 0.326. The summed E-state index contributed by atoms with van der Waals surface area (Å²) in [4.78, 5) is 0.627. The van der Waals surface area contributed by atoms with Gasteiger partial charge in [0.05, 0.1) is 0 Å². The van der Waals surface area contributed by atoms with Crippen LogP contribution < -0.4 is 4.74 Å². The fourth-order valence-corrected chi connectivity index (χ4v) is 3.09. The number of ether oxygens (including phenoxy) is 1. The summed E-state index contributed by atoms with van der Waals surface area (Å²) in [5.41, 5.74) is 1.36. The SMILES string of the molecule is COc1cccc(C2CCO[Se]2)c1.